The van der Waals surface area contributed by atoms with E-state index in [1.165, 1.54) is 12.5 Å². The summed E-state index contributed by atoms with van der Waals surface area (Å²) < 4.78 is 13.8. The van der Waals surface area contributed by atoms with Crippen LogP contribution in [0.15, 0.2) is 18.2 Å². The van der Waals surface area contributed by atoms with Crippen molar-refractivity contribution in [1.82, 2.24) is 0 Å². The topological polar surface area (TPSA) is 29.3 Å². The summed E-state index contributed by atoms with van der Waals surface area (Å²) in [6.45, 7) is 4.12. The minimum atomic E-state index is -0.321. The minimum Gasteiger partial charge on any atom is -0.389 e. The molecule has 4 heteroatoms. The molecule has 2 N–H and O–H groups in total. The Morgan fingerprint density at radius 3 is 3.00 bits per heavy atom. The van der Waals surface area contributed by atoms with Crippen molar-refractivity contribution in [2.24, 2.45) is 11.7 Å². The second-order valence-electron chi connectivity index (χ2n) is 4.86. The van der Waals surface area contributed by atoms with Crippen molar-refractivity contribution in [2.75, 3.05) is 18.0 Å². The summed E-state index contributed by atoms with van der Waals surface area (Å²) in [5.74, 6) is 0.361. The van der Waals surface area contributed by atoms with E-state index in [1.54, 1.807) is 6.07 Å². The van der Waals surface area contributed by atoms with E-state index in [-0.39, 0.29) is 10.8 Å². The maximum Gasteiger partial charge on any atom is 0.135 e. The number of hydrogen-bond donors (Lipinski definition) is 1. The van der Waals surface area contributed by atoms with Gasteiger partial charge < -0.3 is 10.6 Å². The lowest BCUT2D eigenvalue weighted by molar-refractivity contribution is 0.404. The molecule has 1 aromatic carbocycles. The standard InChI is InChI=1S/C14H19FN2S/c1-2-10-5-4-8-17(9-10)12-7-3-6-11(15)13(12)14(16)18/h3,6-7,10H,2,4-5,8-9H2,1H3,(H2,16,18). The zero-order valence-electron chi connectivity index (χ0n) is 10.7. The maximum absolute atomic E-state index is 13.8. The van der Waals surface area contributed by atoms with Gasteiger partial charge in [0.1, 0.15) is 10.8 Å². The van der Waals surface area contributed by atoms with Gasteiger partial charge in [-0.3, -0.25) is 0 Å². The largest absolute Gasteiger partial charge is 0.389 e. The molecule has 0 amide bonds. The van der Waals surface area contributed by atoms with E-state index >= 15 is 0 Å². The molecule has 1 aliphatic rings. The Morgan fingerprint density at radius 1 is 1.56 bits per heavy atom. The molecule has 18 heavy (non-hydrogen) atoms. The molecule has 0 aromatic heterocycles. The Labute approximate surface area is 113 Å². The highest BCUT2D eigenvalue weighted by Crippen LogP contribution is 2.29. The Kier molecular flexibility index (Phi) is 4.17. The summed E-state index contributed by atoms with van der Waals surface area (Å²) >= 11 is 4.98. The SMILES string of the molecule is CCC1CCCN(c2cccc(F)c2C(N)=S)C1. The number of rotatable bonds is 3. The summed E-state index contributed by atoms with van der Waals surface area (Å²) in [6, 6.07) is 5.05. The minimum absolute atomic E-state index is 0.140. The third-order valence-electron chi connectivity index (χ3n) is 3.68. The molecular formula is C14H19FN2S. The first-order valence-corrected chi connectivity index (χ1v) is 6.87. The number of nitrogens with two attached hydrogens (primary N) is 1. The van der Waals surface area contributed by atoms with Crippen molar-refractivity contribution in [1.29, 1.82) is 0 Å². The number of thiocarbonyl (C=S) groups is 1. The molecule has 1 heterocycles. The Balaban J connectivity index is 2.32. The van der Waals surface area contributed by atoms with Crippen molar-refractivity contribution in [3.63, 3.8) is 0 Å². The van der Waals surface area contributed by atoms with Crippen LogP contribution in [0.25, 0.3) is 0 Å². The molecule has 2 nitrogen and oxygen atoms in total. The van der Waals surface area contributed by atoms with Gasteiger partial charge in [0, 0.05) is 18.8 Å². The quantitative estimate of drug-likeness (QED) is 0.853. The average Bonchev–Trinajstić information content (AvgIpc) is 2.38. The van der Waals surface area contributed by atoms with Crippen LogP contribution in [0.3, 0.4) is 0 Å². The molecule has 1 unspecified atom stereocenters. The summed E-state index contributed by atoms with van der Waals surface area (Å²) in [4.78, 5) is 2.36. The third kappa shape index (κ3) is 2.64. The summed E-state index contributed by atoms with van der Waals surface area (Å²) in [7, 11) is 0. The highest BCUT2D eigenvalue weighted by molar-refractivity contribution is 7.80. The predicted molar refractivity (Wildman–Crippen MR) is 77.5 cm³/mol. The molecule has 1 aliphatic heterocycles. The van der Waals surface area contributed by atoms with Crippen LogP contribution >= 0.6 is 12.2 Å². The third-order valence-corrected chi connectivity index (χ3v) is 3.88. The first-order valence-electron chi connectivity index (χ1n) is 6.46. The molecule has 0 radical (unpaired) electrons. The Hall–Kier alpha value is -1.16. The first-order chi connectivity index (χ1) is 8.63. The van der Waals surface area contributed by atoms with E-state index in [9.17, 15) is 4.39 Å². The van der Waals surface area contributed by atoms with Crippen molar-refractivity contribution in [2.45, 2.75) is 26.2 Å². The van der Waals surface area contributed by atoms with Crippen LogP contribution < -0.4 is 10.6 Å². The monoisotopic (exact) mass is 266 g/mol. The van der Waals surface area contributed by atoms with Gasteiger partial charge in [-0.2, -0.15) is 0 Å². The smallest absolute Gasteiger partial charge is 0.135 e. The van der Waals surface area contributed by atoms with Gasteiger partial charge in [-0.15, -0.1) is 0 Å². The molecule has 1 saturated heterocycles. The highest BCUT2D eigenvalue weighted by Gasteiger charge is 2.22. The van der Waals surface area contributed by atoms with Crippen LogP contribution in [0.4, 0.5) is 10.1 Å². The molecule has 0 spiro atoms. The van der Waals surface area contributed by atoms with Crippen LogP contribution in [0.5, 0.6) is 0 Å². The number of nitrogens with zero attached hydrogens (tertiary/aromatic N) is 1. The van der Waals surface area contributed by atoms with Gasteiger partial charge in [0.2, 0.25) is 0 Å². The van der Waals surface area contributed by atoms with Crippen LogP contribution in [-0.2, 0) is 0 Å². The summed E-state index contributed by atoms with van der Waals surface area (Å²) in [5, 5.41) is 0. The van der Waals surface area contributed by atoms with Crippen LogP contribution in [0.2, 0.25) is 0 Å². The average molecular weight is 266 g/mol. The van der Waals surface area contributed by atoms with Gasteiger partial charge in [0.25, 0.3) is 0 Å². The van der Waals surface area contributed by atoms with Crippen LogP contribution in [0, 0.1) is 11.7 Å². The van der Waals surface area contributed by atoms with E-state index < -0.39 is 0 Å². The van der Waals surface area contributed by atoms with E-state index in [0.29, 0.717) is 11.5 Å². The van der Waals surface area contributed by atoms with Crippen molar-refractivity contribution in [3.8, 4) is 0 Å². The molecule has 2 rings (SSSR count). The lowest BCUT2D eigenvalue weighted by atomic mass is 9.94. The van der Waals surface area contributed by atoms with Gasteiger partial charge in [-0.1, -0.05) is 31.6 Å². The fourth-order valence-electron chi connectivity index (χ4n) is 2.64. The molecule has 0 aliphatic carbocycles. The van der Waals surface area contributed by atoms with E-state index in [2.05, 4.69) is 11.8 Å². The van der Waals surface area contributed by atoms with Gasteiger partial charge in [0.05, 0.1) is 5.56 Å². The van der Waals surface area contributed by atoms with Crippen molar-refractivity contribution >= 4 is 22.9 Å². The first kappa shape index (κ1) is 13.3. The molecule has 1 fully saturated rings. The van der Waals surface area contributed by atoms with Gasteiger partial charge in [-0.05, 0) is 30.9 Å². The highest BCUT2D eigenvalue weighted by atomic mass is 32.1. The van der Waals surface area contributed by atoms with Gasteiger partial charge in [0.15, 0.2) is 0 Å². The lowest BCUT2D eigenvalue weighted by Crippen LogP contribution is -2.36. The fourth-order valence-corrected chi connectivity index (χ4v) is 2.84. The van der Waals surface area contributed by atoms with Crippen LogP contribution in [0.1, 0.15) is 31.7 Å². The molecule has 0 saturated carbocycles. The molecule has 1 aromatic rings. The molecule has 1 atom stereocenters. The number of halogens is 1. The zero-order chi connectivity index (χ0) is 13.1. The second-order valence-corrected chi connectivity index (χ2v) is 5.30. The zero-order valence-corrected chi connectivity index (χ0v) is 11.5. The Bertz CT molecular complexity index is 447. The van der Waals surface area contributed by atoms with Gasteiger partial charge >= 0.3 is 0 Å². The summed E-state index contributed by atoms with van der Waals surface area (Å²) in [6.07, 6.45) is 3.56. The molecular weight excluding hydrogens is 247 g/mol. The Morgan fingerprint density at radius 2 is 2.33 bits per heavy atom. The number of piperidine rings is 1. The predicted octanol–water partition coefficient (Wildman–Crippen LogP) is 3.09. The number of benzene rings is 1. The molecule has 98 valence electrons. The normalized spacial score (nSPS) is 19.9. The summed E-state index contributed by atoms with van der Waals surface area (Å²) in [5.41, 5.74) is 6.89. The van der Waals surface area contributed by atoms with E-state index in [1.807, 2.05) is 6.07 Å². The lowest BCUT2D eigenvalue weighted by Gasteiger charge is -2.35. The number of hydrogen-bond acceptors (Lipinski definition) is 2. The van der Waals surface area contributed by atoms with Crippen molar-refractivity contribution < 1.29 is 4.39 Å². The van der Waals surface area contributed by atoms with E-state index in [4.69, 9.17) is 18.0 Å². The maximum atomic E-state index is 13.8. The second kappa shape index (κ2) is 5.65. The molecule has 0 bridgehead atoms. The van der Waals surface area contributed by atoms with Crippen molar-refractivity contribution in [3.05, 3.63) is 29.6 Å². The fraction of sp³-hybridized carbons (Fsp3) is 0.500. The number of anilines is 1. The van der Waals surface area contributed by atoms with E-state index in [0.717, 1.165) is 31.6 Å². The van der Waals surface area contributed by atoms with Gasteiger partial charge in [-0.25, -0.2) is 4.39 Å². The van der Waals surface area contributed by atoms with Crippen LogP contribution in [-0.4, -0.2) is 18.1 Å².